The number of carbonyl (C=O) groups is 1. The highest BCUT2D eigenvalue weighted by atomic mass is 32.2. The summed E-state index contributed by atoms with van der Waals surface area (Å²) in [5, 5.41) is 0. The van der Waals surface area contributed by atoms with Crippen LogP contribution in [-0.4, -0.2) is 43.1 Å². The Labute approximate surface area is 146 Å². The zero-order chi connectivity index (χ0) is 17.2. The predicted octanol–water partition coefficient (Wildman–Crippen LogP) is 2.81. The highest BCUT2D eigenvalue weighted by molar-refractivity contribution is 7.90. The van der Waals surface area contributed by atoms with Crippen LogP contribution in [0.5, 0.6) is 0 Å². The van der Waals surface area contributed by atoms with Gasteiger partial charge in [-0.05, 0) is 57.3 Å². The lowest BCUT2D eigenvalue weighted by Crippen LogP contribution is -2.48. The molecule has 0 saturated heterocycles. The van der Waals surface area contributed by atoms with Crippen molar-refractivity contribution >= 4 is 15.9 Å². The molecule has 3 fully saturated rings. The molecule has 0 heterocycles. The van der Waals surface area contributed by atoms with Gasteiger partial charge in [-0.15, -0.1) is 0 Å². The average molecular weight is 357 g/mol. The van der Waals surface area contributed by atoms with Crippen LogP contribution in [0, 0.1) is 5.92 Å². The van der Waals surface area contributed by atoms with E-state index in [9.17, 15) is 13.2 Å². The standard InChI is InChI=1S/C18H32N2O3S/c1-14-7-9-15(10-8-14)19-24(22,23)13-18(21)20(17-11-12-17)16-5-3-2-4-6-16/h14-17,19H,2-13H2,1H3. The van der Waals surface area contributed by atoms with Gasteiger partial charge in [0, 0.05) is 18.1 Å². The number of nitrogens with one attached hydrogen (secondary N) is 1. The molecule has 1 amide bonds. The van der Waals surface area contributed by atoms with Crippen molar-refractivity contribution in [3.05, 3.63) is 0 Å². The lowest BCUT2D eigenvalue weighted by molar-refractivity contribution is -0.132. The minimum atomic E-state index is -3.53. The molecule has 24 heavy (non-hydrogen) atoms. The summed E-state index contributed by atoms with van der Waals surface area (Å²) in [5.74, 6) is 0.136. The molecule has 0 aromatic heterocycles. The van der Waals surface area contributed by atoms with E-state index >= 15 is 0 Å². The fraction of sp³-hybridized carbons (Fsp3) is 0.944. The Morgan fingerprint density at radius 3 is 2.08 bits per heavy atom. The van der Waals surface area contributed by atoms with Crippen molar-refractivity contribution in [1.82, 2.24) is 9.62 Å². The first-order valence-corrected chi connectivity index (χ1v) is 11.4. The average Bonchev–Trinajstić information content (AvgIpc) is 3.35. The number of nitrogens with zero attached hydrogens (tertiary/aromatic N) is 1. The first-order valence-electron chi connectivity index (χ1n) is 9.76. The van der Waals surface area contributed by atoms with Gasteiger partial charge in [-0.2, -0.15) is 0 Å². The Morgan fingerprint density at radius 2 is 1.50 bits per heavy atom. The maximum atomic E-state index is 12.7. The van der Waals surface area contributed by atoms with E-state index in [1.165, 1.54) is 6.42 Å². The van der Waals surface area contributed by atoms with Gasteiger partial charge in [-0.3, -0.25) is 4.79 Å². The van der Waals surface area contributed by atoms with Gasteiger partial charge in [0.05, 0.1) is 0 Å². The summed E-state index contributed by atoms with van der Waals surface area (Å²) in [6.07, 6.45) is 11.6. The number of rotatable bonds is 6. The van der Waals surface area contributed by atoms with E-state index in [1.54, 1.807) is 0 Å². The van der Waals surface area contributed by atoms with Gasteiger partial charge < -0.3 is 4.90 Å². The second kappa shape index (κ2) is 7.73. The summed E-state index contributed by atoms with van der Waals surface area (Å²) in [6.45, 7) is 2.21. The normalized spacial score (nSPS) is 29.4. The first-order chi connectivity index (χ1) is 11.4. The van der Waals surface area contributed by atoms with Crippen LogP contribution in [0.4, 0.5) is 0 Å². The first kappa shape index (κ1) is 18.2. The molecule has 0 radical (unpaired) electrons. The molecule has 3 aliphatic rings. The van der Waals surface area contributed by atoms with Crippen LogP contribution in [0.15, 0.2) is 0 Å². The van der Waals surface area contributed by atoms with Gasteiger partial charge in [-0.25, -0.2) is 13.1 Å². The van der Waals surface area contributed by atoms with Crippen molar-refractivity contribution in [2.24, 2.45) is 5.92 Å². The molecule has 1 N–H and O–H groups in total. The lowest BCUT2D eigenvalue weighted by atomic mass is 9.88. The Balaban J connectivity index is 1.57. The molecule has 0 spiro atoms. The van der Waals surface area contributed by atoms with E-state index in [0.29, 0.717) is 12.0 Å². The van der Waals surface area contributed by atoms with E-state index in [4.69, 9.17) is 0 Å². The summed E-state index contributed by atoms with van der Waals surface area (Å²) < 4.78 is 27.7. The van der Waals surface area contributed by atoms with Gasteiger partial charge in [-0.1, -0.05) is 26.2 Å². The summed E-state index contributed by atoms with van der Waals surface area (Å²) in [5.41, 5.74) is 0. The quantitative estimate of drug-likeness (QED) is 0.796. The Bertz CT molecular complexity index is 530. The van der Waals surface area contributed by atoms with Crippen LogP contribution < -0.4 is 4.72 Å². The van der Waals surface area contributed by atoms with Gasteiger partial charge in [0.1, 0.15) is 5.75 Å². The summed E-state index contributed by atoms with van der Waals surface area (Å²) in [4.78, 5) is 14.7. The fourth-order valence-electron chi connectivity index (χ4n) is 4.33. The van der Waals surface area contributed by atoms with E-state index in [0.717, 1.165) is 64.2 Å². The minimum Gasteiger partial charge on any atom is -0.336 e. The maximum absolute atomic E-state index is 12.7. The molecule has 0 unspecified atom stereocenters. The van der Waals surface area contributed by atoms with Crippen LogP contribution in [-0.2, 0) is 14.8 Å². The maximum Gasteiger partial charge on any atom is 0.239 e. The lowest BCUT2D eigenvalue weighted by Gasteiger charge is -2.35. The highest BCUT2D eigenvalue weighted by Gasteiger charge is 2.39. The molecular formula is C18H32N2O3S. The largest absolute Gasteiger partial charge is 0.336 e. The third kappa shape index (κ3) is 4.94. The molecular weight excluding hydrogens is 324 g/mol. The molecule has 6 heteroatoms. The van der Waals surface area contributed by atoms with E-state index in [-0.39, 0.29) is 23.7 Å². The van der Waals surface area contributed by atoms with Crippen molar-refractivity contribution in [1.29, 1.82) is 0 Å². The molecule has 138 valence electrons. The van der Waals surface area contributed by atoms with Crippen LogP contribution >= 0.6 is 0 Å². The van der Waals surface area contributed by atoms with Crippen LogP contribution in [0.3, 0.4) is 0 Å². The Kier molecular flexibility index (Phi) is 5.85. The number of hydrogen-bond donors (Lipinski definition) is 1. The molecule has 0 aromatic rings. The molecule has 3 saturated carbocycles. The molecule has 0 atom stereocenters. The van der Waals surface area contributed by atoms with Crippen LogP contribution in [0.25, 0.3) is 0 Å². The smallest absolute Gasteiger partial charge is 0.239 e. The third-order valence-corrected chi connectivity index (χ3v) is 7.19. The van der Waals surface area contributed by atoms with Gasteiger partial charge >= 0.3 is 0 Å². The monoisotopic (exact) mass is 356 g/mol. The van der Waals surface area contributed by atoms with Crippen molar-refractivity contribution in [2.45, 2.75) is 95.7 Å². The number of hydrogen-bond acceptors (Lipinski definition) is 3. The molecule has 0 aromatic carbocycles. The topological polar surface area (TPSA) is 66.5 Å². The molecule has 5 nitrogen and oxygen atoms in total. The number of amides is 1. The molecule has 0 bridgehead atoms. The fourth-order valence-corrected chi connectivity index (χ4v) is 5.63. The molecule has 3 aliphatic carbocycles. The number of sulfonamides is 1. The van der Waals surface area contributed by atoms with Crippen molar-refractivity contribution < 1.29 is 13.2 Å². The summed E-state index contributed by atoms with van der Waals surface area (Å²) in [6, 6.07) is 0.582. The summed E-state index contributed by atoms with van der Waals surface area (Å²) in [7, 11) is -3.53. The van der Waals surface area contributed by atoms with E-state index in [2.05, 4.69) is 11.6 Å². The predicted molar refractivity (Wildman–Crippen MR) is 95.1 cm³/mol. The van der Waals surface area contributed by atoms with Crippen LogP contribution in [0.1, 0.15) is 77.6 Å². The third-order valence-electron chi connectivity index (χ3n) is 5.87. The molecule has 0 aliphatic heterocycles. The van der Waals surface area contributed by atoms with Crippen molar-refractivity contribution in [3.63, 3.8) is 0 Å². The Morgan fingerprint density at radius 1 is 0.917 bits per heavy atom. The zero-order valence-corrected chi connectivity index (χ0v) is 15.7. The zero-order valence-electron chi connectivity index (χ0n) is 14.9. The van der Waals surface area contributed by atoms with Gasteiger partial charge in [0.25, 0.3) is 0 Å². The number of carbonyl (C=O) groups excluding carboxylic acids is 1. The van der Waals surface area contributed by atoms with Gasteiger partial charge in [0.2, 0.25) is 15.9 Å². The molecule has 3 rings (SSSR count). The minimum absolute atomic E-state index is 0.0167. The SMILES string of the molecule is CC1CCC(NS(=O)(=O)CC(=O)N(C2CCCCC2)C2CC2)CC1. The van der Waals surface area contributed by atoms with E-state index < -0.39 is 10.0 Å². The van der Waals surface area contributed by atoms with Crippen molar-refractivity contribution in [2.75, 3.05) is 5.75 Å². The van der Waals surface area contributed by atoms with E-state index in [1.807, 2.05) is 4.90 Å². The highest BCUT2D eigenvalue weighted by Crippen LogP contribution is 2.34. The second-order valence-corrected chi connectivity index (χ2v) is 9.91. The van der Waals surface area contributed by atoms with Crippen molar-refractivity contribution in [3.8, 4) is 0 Å². The Hall–Kier alpha value is -0.620. The van der Waals surface area contributed by atoms with Gasteiger partial charge in [0.15, 0.2) is 0 Å². The van der Waals surface area contributed by atoms with Crippen LogP contribution in [0.2, 0.25) is 0 Å². The second-order valence-electron chi connectivity index (χ2n) is 8.16. The summed E-state index contributed by atoms with van der Waals surface area (Å²) >= 11 is 0.